The molecule has 0 aliphatic rings. The summed E-state index contributed by atoms with van der Waals surface area (Å²) in [5, 5.41) is 20.7. The van der Waals surface area contributed by atoms with E-state index in [9.17, 15) is 0 Å². The van der Waals surface area contributed by atoms with Crippen LogP contribution >= 0.6 is 0 Å². The van der Waals surface area contributed by atoms with Gasteiger partial charge in [0.2, 0.25) is 5.95 Å². The minimum atomic E-state index is -0.793. The fourth-order valence-corrected chi connectivity index (χ4v) is 1.39. The molecule has 86 valence electrons. The van der Waals surface area contributed by atoms with E-state index in [2.05, 4.69) is 15.3 Å². The van der Waals surface area contributed by atoms with E-state index in [1.807, 2.05) is 6.07 Å². The Balaban J connectivity index is 2.13. The number of hydrogen-bond acceptors (Lipinski definition) is 5. The molecule has 1 atom stereocenters. The maximum absolute atomic E-state index is 9.16. The van der Waals surface area contributed by atoms with Gasteiger partial charge in [0.25, 0.3) is 0 Å². The lowest BCUT2D eigenvalue weighted by atomic mass is 10.3. The topological polar surface area (TPSA) is 107 Å². The molecule has 0 aliphatic heterocycles. The molecule has 0 aliphatic carbocycles. The average molecular weight is 222 g/mol. The third-order valence-corrected chi connectivity index (χ3v) is 2.22. The zero-order chi connectivity index (χ0) is 11.5. The molecular formula is C10H14N4O2. The van der Waals surface area contributed by atoms with Gasteiger partial charge in [0.05, 0.1) is 23.7 Å². The lowest BCUT2D eigenvalue weighted by molar-refractivity contribution is 0.105. The molecule has 1 aromatic heterocycles. The second-order valence-electron chi connectivity index (χ2n) is 3.58. The lowest BCUT2D eigenvalue weighted by Crippen LogP contribution is -2.23. The lowest BCUT2D eigenvalue weighted by Gasteiger charge is -2.06. The molecule has 1 aromatic carbocycles. The van der Waals surface area contributed by atoms with Crippen molar-refractivity contribution in [3.63, 3.8) is 0 Å². The zero-order valence-electron chi connectivity index (χ0n) is 8.64. The molecule has 0 fully saturated rings. The van der Waals surface area contributed by atoms with Crippen LogP contribution in [0.5, 0.6) is 0 Å². The van der Waals surface area contributed by atoms with Crippen molar-refractivity contribution in [1.29, 1.82) is 0 Å². The predicted octanol–water partition coefficient (Wildman–Crippen LogP) is -0.0898. The summed E-state index contributed by atoms with van der Waals surface area (Å²) in [5.74, 6) is 0.549. The fraction of sp³-hybridized carbons (Fsp3) is 0.300. The van der Waals surface area contributed by atoms with Crippen LogP contribution in [-0.2, 0) is 0 Å². The summed E-state index contributed by atoms with van der Waals surface area (Å²) in [6.07, 6.45) is -0.793. The molecule has 0 saturated heterocycles. The molecule has 16 heavy (non-hydrogen) atoms. The van der Waals surface area contributed by atoms with Crippen LogP contribution in [-0.4, -0.2) is 39.4 Å². The first-order valence-corrected chi connectivity index (χ1v) is 4.97. The largest absolute Gasteiger partial charge is 0.399 e. The number of aromatic nitrogens is 2. The monoisotopic (exact) mass is 222 g/mol. The number of fused-ring (bicyclic) bond motifs is 1. The smallest absolute Gasteiger partial charge is 0.201 e. The normalized spacial score (nSPS) is 12.9. The Morgan fingerprint density at radius 1 is 1.50 bits per heavy atom. The van der Waals surface area contributed by atoms with Crippen LogP contribution < -0.4 is 11.1 Å². The molecule has 6 nitrogen and oxygen atoms in total. The first-order chi connectivity index (χ1) is 7.69. The van der Waals surface area contributed by atoms with Gasteiger partial charge in [-0.15, -0.1) is 0 Å². The number of hydrogen-bond donors (Lipinski definition) is 5. The van der Waals surface area contributed by atoms with Crippen LogP contribution in [0.1, 0.15) is 0 Å². The summed E-state index contributed by atoms with van der Waals surface area (Å²) in [4.78, 5) is 7.27. The Hall–Kier alpha value is -1.79. The van der Waals surface area contributed by atoms with Crippen LogP contribution in [0.25, 0.3) is 11.0 Å². The number of rotatable bonds is 4. The predicted molar refractivity (Wildman–Crippen MR) is 62.1 cm³/mol. The highest BCUT2D eigenvalue weighted by atomic mass is 16.3. The standard InChI is InChI=1S/C10H14N4O2/c11-6-1-2-8-9(3-6)14-10(13-8)12-4-7(16)5-15/h1-3,7,15-16H,4-5,11H2,(H2,12,13,14). The third-order valence-electron chi connectivity index (χ3n) is 2.22. The second-order valence-corrected chi connectivity index (χ2v) is 3.58. The van der Waals surface area contributed by atoms with Gasteiger partial charge in [-0.2, -0.15) is 0 Å². The van der Waals surface area contributed by atoms with Crippen LogP contribution in [0, 0.1) is 0 Å². The van der Waals surface area contributed by atoms with Crippen molar-refractivity contribution in [2.24, 2.45) is 0 Å². The Bertz CT molecular complexity index is 483. The molecule has 2 aromatic rings. The first-order valence-electron chi connectivity index (χ1n) is 4.97. The Morgan fingerprint density at radius 3 is 3.06 bits per heavy atom. The van der Waals surface area contributed by atoms with Gasteiger partial charge in [-0.1, -0.05) is 0 Å². The Kier molecular flexibility index (Phi) is 2.93. The molecule has 0 amide bonds. The minimum absolute atomic E-state index is 0.242. The van der Waals surface area contributed by atoms with E-state index in [1.54, 1.807) is 12.1 Å². The number of aromatic amines is 1. The van der Waals surface area contributed by atoms with E-state index in [0.29, 0.717) is 11.6 Å². The number of aliphatic hydroxyl groups is 2. The quantitative estimate of drug-likeness (QED) is 0.465. The summed E-state index contributed by atoms with van der Waals surface area (Å²) in [5.41, 5.74) is 7.94. The Morgan fingerprint density at radius 2 is 2.31 bits per heavy atom. The summed E-state index contributed by atoms with van der Waals surface area (Å²) >= 11 is 0. The summed E-state index contributed by atoms with van der Waals surface area (Å²) in [7, 11) is 0. The highest BCUT2D eigenvalue weighted by Gasteiger charge is 2.05. The van der Waals surface area contributed by atoms with E-state index in [4.69, 9.17) is 15.9 Å². The third kappa shape index (κ3) is 2.23. The molecular weight excluding hydrogens is 208 g/mol. The van der Waals surface area contributed by atoms with E-state index in [1.165, 1.54) is 0 Å². The van der Waals surface area contributed by atoms with Crippen molar-refractivity contribution in [2.75, 3.05) is 24.2 Å². The molecule has 0 radical (unpaired) electrons. The maximum Gasteiger partial charge on any atom is 0.201 e. The number of anilines is 2. The van der Waals surface area contributed by atoms with Crippen LogP contribution in [0.15, 0.2) is 18.2 Å². The number of nitrogen functional groups attached to an aromatic ring is 1. The van der Waals surface area contributed by atoms with Crippen molar-refractivity contribution in [3.05, 3.63) is 18.2 Å². The van der Waals surface area contributed by atoms with Gasteiger partial charge in [0, 0.05) is 12.2 Å². The van der Waals surface area contributed by atoms with Crippen LogP contribution in [0.2, 0.25) is 0 Å². The van der Waals surface area contributed by atoms with Crippen LogP contribution in [0.4, 0.5) is 11.6 Å². The number of nitrogens with two attached hydrogens (primary N) is 1. The number of benzene rings is 1. The van der Waals surface area contributed by atoms with E-state index in [0.717, 1.165) is 11.0 Å². The van der Waals surface area contributed by atoms with Gasteiger partial charge in [-0.3, -0.25) is 0 Å². The summed E-state index contributed by atoms with van der Waals surface area (Å²) in [6.45, 7) is -0.0357. The Labute approximate surface area is 92.1 Å². The van der Waals surface area contributed by atoms with Crippen molar-refractivity contribution in [3.8, 4) is 0 Å². The summed E-state index contributed by atoms with van der Waals surface area (Å²) < 4.78 is 0. The average Bonchev–Trinajstić information content (AvgIpc) is 2.67. The SMILES string of the molecule is Nc1ccc2nc(NCC(O)CO)[nH]c2c1. The minimum Gasteiger partial charge on any atom is -0.399 e. The van der Waals surface area contributed by atoms with E-state index < -0.39 is 6.10 Å². The number of imidazole rings is 1. The summed E-state index contributed by atoms with van der Waals surface area (Å²) in [6, 6.07) is 5.38. The molecule has 1 heterocycles. The van der Waals surface area contributed by atoms with E-state index >= 15 is 0 Å². The van der Waals surface area contributed by atoms with E-state index in [-0.39, 0.29) is 13.2 Å². The van der Waals surface area contributed by atoms with Crippen molar-refractivity contribution < 1.29 is 10.2 Å². The zero-order valence-corrected chi connectivity index (χ0v) is 8.64. The van der Waals surface area contributed by atoms with Crippen molar-refractivity contribution in [1.82, 2.24) is 9.97 Å². The fourth-order valence-electron chi connectivity index (χ4n) is 1.39. The molecule has 0 spiro atoms. The highest BCUT2D eigenvalue weighted by Crippen LogP contribution is 2.16. The van der Waals surface area contributed by atoms with Crippen molar-refractivity contribution in [2.45, 2.75) is 6.10 Å². The molecule has 2 rings (SSSR count). The van der Waals surface area contributed by atoms with Gasteiger partial charge >= 0.3 is 0 Å². The highest BCUT2D eigenvalue weighted by molar-refractivity contribution is 5.80. The number of H-pyrrole nitrogens is 1. The van der Waals surface area contributed by atoms with Gasteiger partial charge in [-0.05, 0) is 18.2 Å². The van der Waals surface area contributed by atoms with Gasteiger partial charge in [-0.25, -0.2) is 4.98 Å². The van der Waals surface area contributed by atoms with Crippen molar-refractivity contribution >= 4 is 22.7 Å². The number of nitrogens with one attached hydrogen (secondary N) is 2. The van der Waals surface area contributed by atoms with Gasteiger partial charge < -0.3 is 26.2 Å². The first kappa shape index (κ1) is 10.7. The molecule has 6 heteroatoms. The number of nitrogens with zero attached hydrogens (tertiary/aromatic N) is 1. The van der Waals surface area contributed by atoms with Crippen LogP contribution in [0.3, 0.4) is 0 Å². The number of aliphatic hydroxyl groups excluding tert-OH is 2. The molecule has 0 bridgehead atoms. The maximum atomic E-state index is 9.16. The molecule has 6 N–H and O–H groups in total. The van der Waals surface area contributed by atoms with Gasteiger partial charge in [0.15, 0.2) is 0 Å². The second kappa shape index (κ2) is 4.38. The van der Waals surface area contributed by atoms with Gasteiger partial charge in [0.1, 0.15) is 0 Å². The molecule has 1 unspecified atom stereocenters. The molecule has 0 saturated carbocycles.